The molecule has 0 spiro atoms. The summed E-state index contributed by atoms with van der Waals surface area (Å²) in [5, 5.41) is 8.87. The lowest BCUT2D eigenvalue weighted by atomic mass is 10.0. The number of hydrogen-bond donors (Lipinski definition) is 1. The van der Waals surface area contributed by atoms with Gasteiger partial charge in [0.05, 0.1) is 25.1 Å². The summed E-state index contributed by atoms with van der Waals surface area (Å²) in [6.45, 7) is 0.0444. The number of carbonyl (C=O) groups is 2. The van der Waals surface area contributed by atoms with E-state index < -0.39 is 36.1 Å². The number of carboxylic acid groups (broad SMARTS) is 1. The molecule has 1 N–H and O–H groups in total. The van der Waals surface area contributed by atoms with E-state index in [2.05, 4.69) is 0 Å². The molecule has 1 heterocycles. The molecule has 0 bridgehead atoms. The summed E-state index contributed by atoms with van der Waals surface area (Å²) >= 11 is 0. The smallest absolute Gasteiger partial charge is 0.416 e. The fourth-order valence-corrected chi connectivity index (χ4v) is 2.25. The average molecular weight is 317 g/mol. The third kappa shape index (κ3) is 3.76. The van der Waals surface area contributed by atoms with Crippen LogP contribution in [0.4, 0.5) is 13.2 Å². The SMILES string of the molecule is O=C(O)[C@@H]1CN(C(=O)Cc2ccccc2C(F)(F)F)CCO1. The van der Waals surface area contributed by atoms with Crippen molar-refractivity contribution in [1.82, 2.24) is 4.90 Å². The number of ether oxygens (including phenoxy) is 1. The van der Waals surface area contributed by atoms with Crippen molar-refractivity contribution in [3.63, 3.8) is 0 Å². The molecule has 22 heavy (non-hydrogen) atoms. The molecule has 1 saturated heterocycles. The van der Waals surface area contributed by atoms with Gasteiger partial charge in [-0.15, -0.1) is 0 Å². The number of halogens is 3. The third-order valence-corrected chi connectivity index (χ3v) is 3.36. The first-order valence-electron chi connectivity index (χ1n) is 6.56. The van der Waals surface area contributed by atoms with E-state index in [9.17, 15) is 22.8 Å². The zero-order chi connectivity index (χ0) is 16.3. The number of aliphatic carboxylic acids is 1. The van der Waals surface area contributed by atoms with Crippen molar-refractivity contribution < 1.29 is 32.6 Å². The summed E-state index contributed by atoms with van der Waals surface area (Å²) in [6.07, 6.45) is -6.11. The monoisotopic (exact) mass is 317 g/mol. The summed E-state index contributed by atoms with van der Waals surface area (Å²) in [5.41, 5.74) is -0.982. The lowest BCUT2D eigenvalue weighted by Gasteiger charge is -2.31. The Kier molecular flexibility index (Phi) is 4.70. The van der Waals surface area contributed by atoms with Crippen LogP contribution in [0.25, 0.3) is 0 Å². The van der Waals surface area contributed by atoms with Gasteiger partial charge in [-0.1, -0.05) is 18.2 Å². The highest BCUT2D eigenvalue weighted by Crippen LogP contribution is 2.32. The largest absolute Gasteiger partial charge is 0.479 e. The van der Waals surface area contributed by atoms with Crippen molar-refractivity contribution in [3.05, 3.63) is 35.4 Å². The Bertz CT molecular complexity index is 573. The van der Waals surface area contributed by atoms with E-state index >= 15 is 0 Å². The van der Waals surface area contributed by atoms with Crippen LogP contribution in [-0.2, 0) is 26.9 Å². The Hall–Kier alpha value is -2.09. The number of amides is 1. The Morgan fingerprint density at radius 2 is 2.00 bits per heavy atom. The van der Waals surface area contributed by atoms with Crippen LogP contribution in [0.3, 0.4) is 0 Å². The summed E-state index contributed by atoms with van der Waals surface area (Å²) in [7, 11) is 0. The van der Waals surface area contributed by atoms with Gasteiger partial charge in [0, 0.05) is 6.54 Å². The molecule has 8 heteroatoms. The van der Waals surface area contributed by atoms with E-state index in [0.717, 1.165) is 6.07 Å². The van der Waals surface area contributed by atoms with Gasteiger partial charge in [-0.05, 0) is 11.6 Å². The molecule has 120 valence electrons. The van der Waals surface area contributed by atoms with Crippen molar-refractivity contribution >= 4 is 11.9 Å². The van der Waals surface area contributed by atoms with E-state index in [0.29, 0.717) is 0 Å². The standard InChI is InChI=1S/C14H14F3NO4/c15-14(16,17)10-4-2-1-3-9(10)7-12(19)18-5-6-22-11(8-18)13(20)21/h1-4,11H,5-8H2,(H,20,21)/t11-/m0/s1. The van der Waals surface area contributed by atoms with Gasteiger partial charge in [-0.25, -0.2) is 4.79 Å². The second kappa shape index (κ2) is 6.35. The number of carbonyl (C=O) groups excluding carboxylic acids is 1. The first kappa shape index (κ1) is 16.3. The summed E-state index contributed by atoms with van der Waals surface area (Å²) in [6, 6.07) is 4.85. The van der Waals surface area contributed by atoms with Crippen LogP contribution in [0.15, 0.2) is 24.3 Å². The lowest BCUT2D eigenvalue weighted by molar-refractivity contribution is -0.159. The first-order valence-corrected chi connectivity index (χ1v) is 6.56. The molecule has 1 amide bonds. The maximum absolute atomic E-state index is 12.9. The van der Waals surface area contributed by atoms with Gasteiger partial charge in [-0.2, -0.15) is 13.2 Å². The fourth-order valence-electron chi connectivity index (χ4n) is 2.25. The maximum atomic E-state index is 12.9. The van der Waals surface area contributed by atoms with Gasteiger partial charge in [0.25, 0.3) is 0 Å². The van der Waals surface area contributed by atoms with Crippen molar-refractivity contribution in [1.29, 1.82) is 0 Å². The lowest BCUT2D eigenvalue weighted by Crippen LogP contribution is -2.49. The number of morpholine rings is 1. The van der Waals surface area contributed by atoms with Crippen molar-refractivity contribution in [2.45, 2.75) is 18.7 Å². The number of carboxylic acids is 1. The second-order valence-corrected chi connectivity index (χ2v) is 4.87. The van der Waals surface area contributed by atoms with Crippen molar-refractivity contribution in [2.24, 2.45) is 0 Å². The maximum Gasteiger partial charge on any atom is 0.416 e. The number of benzene rings is 1. The third-order valence-electron chi connectivity index (χ3n) is 3.36. The van der Waals surface area contributed by atoms with Crippen LogP contribution in [0, 0.1) is 0 Å². The van der Waals surface area contributed by atoms with Gasteiger partial charge in [0.1, 0.15) is 0 Å². The molecule has 1 fully saturated rings. The van der Waals surface area contributed by atoms with E-state index in [1.54, 1.807) is 0 Å². The van der Waals surface area contributed by atoms with Crippen LogP contribution < -0.4 is 0 Å². The number of alkyl halides is 3. The molecule has 0 aromatic heterocycles. The van der Waals surface area contributed by atoms with Gasteiger partial charge in [-0.3, -0.25) is 4.79 Å². The minimum absolute atomic E-state index is 0.0453. The molecule has 2 rings (SSSR count). The number of nitrogens with zero attached hydrogens (tertiary/aromatic N) is 1. The molecule has 1 aliphatic rings. The van der Waals surface area contributed by atoms with Gasteiger partial charge in [0.15, 0.2) is 6.10 Å². The zero-order valence-electron chi connectivity index (χ0n) is 11.5. The minimum atomic E-state index is -4.54. The molecule has 0 saturated carbocycles. The molecular weight excluding hydrogens is 303 g/mol. The molecular formula is C14H14F3NO4. The molecule has 1 aromatic carbocycles. The van der Waals surface area contributed by atoms with Gasteiger partial charge in [0.2, 0.25) is 5.91 Å². The zero-order valence-corrected chi connectivity index (χ0v) is 11.5. The second-order valence-electron chi connectivity index (χ2n) is 4.87. The molecule has 0 aliphatic carbocycles. The summed E-state index contributed by atoms with van der Waals surface area (Å²) in [5.74, 6) is -1.75. The minimum Gasteiger partial charge on any atom is -0.479 e. The van der Waals surface area contributed by atoms with Crippen molar-refractivity contribution in [2.75, 3.05) is 19.7 Å². The molecule has 0 unspecified atom stereocenters. The molecule has 1 atom stereocenters. The van der Waals surface area contributed by atoms with E-state index in [-0.39, 0.29) is 25.3 Å². The Morgan fingerprint density at radius 1 is 1.32 bits per heavy atom. The number of hydrogen-bond acceptors (Lipinski definition) is 3. The molecule has 0 radical (unpaired) electrons. The predicted octanol–water partition coefficient (Wildman–Crippen LogP) is 1.56. The van der Waals surface area contributed by atoms with Gasteiger partial charge < -0.3 is 14.7 Å². The van der Waals surface area contributed by atoms with E-state index in [4.69, 9.17) is 9.84 Å². The normalized spacial score (nSPS) is 19.0. The van der Waals surface area contributed by atoms with Crippen LogP contribution in [-0.4, -0.2) is 47.7 Å². The van der Waals surface area contributed by atoms with E-state index in [1.807, 2.05) is 0 Å². The average Bonchev–Trinajstić information content (AvgIpc) is 2.46. The highest BCUT2D eigenvalue weighted by atomic mass is 19.4. The highest BCUT2D eigenvalue weighted by molar-refractivity contribution is 5.81. The van der Waals surface area contributed by atoms with Gasteiger partial charge >= 0.3 is 12.1 Å². The van der Waals surface area contributed by atoms with Crippen LogP contribution in [0.5, 0.6) is 0 Å². The number of rotatable bonds is 3. The summed E-state index contributed by atoms with van der Waals surface area (Å²) in [4.78, 5) is 24.2. The van der Waals surface area contributed by atoms with Crippen molar-refractivity contribution in [3.8, 4) is 0 Å². The Balaban J connectivity index is 2.11. The molecule has 1 aromatic rings. The highest BCUT2D eigenvalue weighted by Gasteiger charge is 2.34. The quantitative estimate of drug-likeness (QED) is 0.919. The Labute approximate surface area is 124 Å². The molecule has 1 aliphatic heterocycles. The molecule has 5 nitrogen and oxygen atoms in total. The first-order chi connectivity index (χ1) is 10.3. The fraction of sp³-hybridized carbons (Fsp3) is 0.429. The predicted molar refractivity (Wildman–Crippen MR) is 69.1 cm³/mol. The van der Waals surface area contributed by atoms with Crippen LogP contribution >= 0.6 is 0 Å². The van der Waals surface area contributed by atoms with E-state index in [1.165, 1.54) is 23.1 Å². The topological polar surface area (TPSA) is 66.8 Å². The summed E-state index contributed by atoms with van der Waals surface area (Å²) < 4.78 is 43.6. The Morgan fingerprint density at radius 3 is 2.64 bits per heavy atom. The van der Waals surface area contributed by atoms with Crippen LogP contribution in [0.2, 0.25) is 0 Å². The van der Waals surface area contributed by atoms with Crippen LogP contribution in [0.1, 0.15) is 11.1 Å².